The zero-order valence-corrected chi connectivity index (χ0v) is 10.6. The third-order valence-corrected chi connectivity index (χ3v) is 3.95. The third kappa shape index (κ3) is 2.91. The fourth-order valence-electron chi connectivity index (χ4n) is 2.21. The van der Waals surface area contributed by atoms with Crippen LogP contribution in [-0.2, 0) is 11.2 Å². The lowest BCUT2D eigenvalue weighted by Crippen LogP contribution is -2.16. The Morgan fingerprint density at radius 1 is 1.31 bits per heavy atom. The van der Waals surface area contributed by atoms with Gasteiger partial charge < -0.3 is 0 Å². The van der Waals surface area contributed by atoms with Crippen molar-refractivity contribution in [2.75, 3.05) is 0 Å². The summed E-state index contributed by atoms with van der Waals surface area (Å²) in [5, 5.41) is 0. The number of rotatable bonds is 2. The van der Waals surface area contributed by atoms with Crippen molar-refractivity contribution < 1.29 is 9.18 Å². The minimum atomic E-state index is -0.190. The first-order chi connectivity index (χ1) is 7.65. The summed E-state index contributed by atoms with van der Waals surface area (Å²) in [7, 11) is 0. The van der Waals surface area contributed by atoms with E-state index in [2.05, 4.69) is 15.9 Å². The number of hydrogen-bond donors (Lipinski definition) is 0. The molecular weight excluding hydrogens is 271 g/mol. The van der Waals surface area contributed by atoms with Crippen molar-refractivity contribution in [3.8, 4) is 0 Å². The van der Waals surface area contributed by atoms with Crippen LogP contribution in [0.2, 0.25) is 0 Å². The topological polar surface area (TPSA) is 17.1 Å². The largest absolute Gasteiger partial charge is 0.300 e. The Hall–Kier alpha value is -0.700. The van der Waals surface area contributed by atoms with Crippen LogP contribution in [0, 0.1) is 11.7 Å². The minimum Gasteiger partial charge on any atom is -0.300 e. The van der Waals surface area contributed by atoms with Crippen molar-refractivity contribution in [1.82, 2.24) is 0 Å². The zero-order valence-electron chi connectivity index (χ0n) is 9.01. The first-order valence-corrected chi connectivity index (χ1v) is 6.40. The van der Waals surface area contributed by atoms with Crippen LogP contribution in [0.25, 0.3) is 0 Å². The molecule has 86 valence electrons. The third-order valence-electron chi connectivity index (χ3n) is 3.18. The average Bonchev–Trinajstić information content (AvgIpc) is 2.27. The summed E-state index contributed by atoms with van der Waals surface area (Å²) in [6.07, 6.45) is 4.14. The molecule has 0 saturated heterocycles. The number of carbonyl (C=O) groups excluding carboxylic acids is 1. The predicted octanol–water partition coefficient (Wildman–Crippen LogP) is 3.89. The van der Waals surface area contributed by atoms with Crippen LogP contribution in [0.5, 0.6) is 0 Å². The summed E-state index contributed by atoms with van der Waals surface area (Å²) in [5.41, 5.74) is 1.01. The summed E-state index contributed by atoms with van der Waals surface area (Å²) < 4.78 is 14.1. The Kier molecular flexibility index (Phi) is 3.74. The SMILES string of the molecule is O=C1CCC(Cc2cc(F)ccc2Br)CC1. The molecule has 1 aliphatic rings. The van der Waals surface area contributed by atoms with Gasteiger partial charge in [-0.1, -0.05) is 15.9 Å². The molecule has 1 saturated carbocycles. The zero-order chi connectivity index (χ0) is 11.5. The molecule has 0 atom stereocenters. The van der Waals surface area contributed by atoms with Gasteiger partial charge in [0.05, 0.1) is 0 Å². The molecule has 1 fully saturated rings. The van der Waals surface area contributed by atoms with E-state index >= 15 is 0 Å². The lowest BCUT2D eigenvalue weighted by molar-refractivity contribution is -0.121. The van der Waals surface area contributed by atoms with Crippen molar-refractivity contribution in [3.63, 3.8) is 0 Å². The Morgan fingerprint density at radius 3 is 2.69 bits per heavy atom. The molecule has 0 bridgehead atoms. The maximum Gasteiger partial charge on any atom is 0.132 e. The summed E-state index contributed by atoms with van der Waals surface area (Å²) in [5.74, 6) is 0.704. The second-order valence-corrected chi connectivity index (χ2v) is 5.28. The summed E-state index contributed by atoms with van der Waals surface area (Å²) in [6, 6.07) is 4.79. The van der Waals surface area contributed by atoms with Crippen LogP contribution < -0.4 is 0 Å². The smallest absolute Gasteiger partial charge is 0.132 e. The highest BCUT2D eigenvalue weighted by molar-refractivity contribution is 9.10. The van der Waals surface area contributed by atoms with Gasteiger partial charge in [0, 0.05) is 17.3 Å². The molecule has 1 nitrogen and oxygen atoms in total. The summed E-state index contributed by atoms with van der Waals surface area (Å²) in [6.45, 7) is 0. The van der Waals surface area contributed by atoms with E-state index in [1.54, 1.807) is 12.1 Å². The first-order valence-electron chi connectivity index (χ1n) is 5.61. The molecule has 0 aromatic heterocycles. The van der Waals surface area contributed by atoms with E-state index in [0.29, 0.717) is 24.5 Å². The molecule has 0 N–H and O–H groups in total. The van der Waals surface area contributed by atoms with Gasteiger partial charge >= 0.3 is 0 Å². The van der Waals surface area contributed by atoms with Crippen molar-refractivity contribution in [2.45, 2.75) is 32.1 Å². The van der Waals surface area contributed by atoms with E-state index in [0.717, 1.165) is 29.3 Å². The number of hydrogen-bond acceptors (Lipinski definition) is 1. The van der Waals surface area contributed by atoms with E-state index in [1.165, 1.54) is 6.07 Å². The Balaban J connectivity index is 2.03. The number of ketones is 1. The normalized spacial score (nSPS) is 17.8. The van der Waals surface area contributed by atoms with Crippen molar-refractivity contribution >= 4 is 21.7 Å². The molecule has 2 rings (SSSR count). The van der Waals surface area contributed by atoms with Crippen LogP contribution in [0.4, 0.5) is 4.39 Å². The Morgan fingerprint density at radius 2 is 2.00 bits per heavy atom. The first kappa shape index (κ1) is 11.8. The van der Waals surface area contributed by atoms with Gasteiger partial charge in [-0.15, -0.1) is 0 Å². The van der Waals surface area contributed by atoms with Crippen LogP contribution in [0.3, 0.4) is 0 Å². The number of Topliss-reactive ketones (excluding diaryl/α,β-unsaturated/α-hetero) is 1. The van der Waals surface area contributed by atoms with Gasteiger partial charge in [0.1, 0.15) is 11.6 Å². The quantitative estimate of drug-likeness (QED) is 0.805. The van der Waals surface area contributed by atoms with Gasteiger partial charge in [-0.25, -0.2) is 4.39 Å². The van der Waals surface area contributed by atoms with Gasteiger partial charge in [0.15, 0.2) is 0 Å². The molecule has 1 aromatic rings. The van der Waals surface area contributed by atoms with Crippen LogP contribution in [0.15, 0.2) is 22.7 Å². The average molecular weight is 285 g/mol. The molecule has 0 unspecified atom stereocenters. The van der Waals surface area contributed by atoms with Crippen LogP contribution >= 0.6 is 15.9 Å². The van der Waals surface area contributed by atoms with Gasteiger partial charge in [0.25, 0.3) is 0 Å². The monoisotopic (exact) mass is 284 g/mol. The van der Waals surface area contributed by atoms with Crippen LogP contribution in [0.1, 0.15) is 31.2 Å². The summed E-state index contributed by atoms with van der Waals surface area (Å²) in [4.78, 5) is 11.1. The van der Waals surface area contributed by atoms with Crippen molar-refractivity contribution in [1.29, 1.82) is 0 Å². The molecule has 1 aromatic carbocycles. The molecule has 0 amide bonds. The minimum absolute atomic E-state index is 0.190. The van der Waals surface area contributed by atoms with Crippen molar-refractivity contribution in [2.24, 2.45) is 5.92 Å². The maximum absolute atomic E-state index is 13.1. The highest BCUT2D eigenvalue weighted by Gasteiger charge is 2.19. The molecular formula is C13H14BrFO. The van der Waals surface area contributed by atoms with Gasteiger partial charge in [-0.05, 0) is 48.9 Å². The second kappa shape index (κ2) is 5.09. The molecule has 0 heterocycles. The van der Waals surface area contributed by atoms with Crippen molar-refractivity contribution in [3.05, 3.63) is 34.1 Å². The lowest BCUT2D eigenvalue weighted by Gasteiger charge is -2.21. The molecule has 16 heavy (non-hydrogen) atoms. The lowest BCUT2D eigenvalue weighted by atomic mass is 9.84. The van der Waals surface area contributed by atoms with Gasteiger partial charge in [-0.2, -0.15) is 0 Å². The molecule has 3 heteroatoms. The Labute approximate surface area is 103 Å². The van der Waals surface area contributed by atoms with Gasteiger partial charge in [-0.3, -0.25) is 4.79 Å². The fourth-order valence-corrected chi connectivity index (χ4v) is 2.62. The molecule has 0 spiro atoms. The van der Waals surface area contributed by atoms with E-state index in [-0.39, 0.29) is 5.82 Å². The molecule has 0 aliphatic heterocycles. The molecule has 1 aliphatic carbocycles. The highest BCUT2D eigenvalue weighted by atomic mass is 79.9. The number of halogens is 2. The summed E-state index contributed by atoms with van der Waals surface area (Å²) >= 11 is 3.44. The number of carbonyl (C=O) groups is 1. The Bertz CT molecular complexity index is 393. The predicted molar refractivity (Wildman–Crippen MR) is 64.8 cm³/mol. The molecule has 0 radical (unpaired) electrons. The van der Waals surface area contributed by atoms with Crippen LogP contribution in [-0.4, -0.2) is 5.78 Å². The maximum atomic E-state index is 13.1. The number of benzene rings is 1. The fraction of sp³-hybridized carbons (Fsp3) is 0.462. The highest BCUT2D eigenvalue weighted by Crippen LogP contribution is 2.28. The van der Waals surface area contributed by atoms with E-state index < -0.39 is 0 Å². The van der Waals surface area contributed by atoms with E-state index in [1.807, 2.05) is 0 Å². The second-order valence-electron chi connectivity index (χ2n) is 4.42. The van der Waals surface area contributed by atoms with E-state index in [4.69, 9.17) is 0 Å². The standard InChI is InChI=1S/C13H14BrFO/c14-13-6-3-11(15)8-10(13)7-9-1-4-12(16)5-2-9/h3,6,8-9H,1-2,4-5,7H2. The van der Waals surface area contributed by atoms with Gasteiger partial charge in [0.2, 0.25) is 0 Å². The van der Waals surface area contributed by atoms with E-state index in [9.17, 15) is 9.18 Å².